The van der Waals surface area contributed by atoms with E-state index in [1.54, 1.807) is 6.26 Å². The smallest absolute Gasteiger partial charge is 0.272 e. The molecule has 12 heavy (non-hydrogen) atoms. The third kappa shape index (κ3) is 1.68. The molecule has 0 aromatic carbocycles. The number of hydrazine groups is 1. The van der Waals surface area contributed by atoms with Gasteiger partial charge in [-0.2, -0.15) is 5.01 Å². The van der Waals surface area contributed by atoms with Crippen LogP contribution in [0.1, 0.15) is 0 Å². The first-order valence-electron chi connectivity index (χ1n) is 3.21. The number of carbonyl (C=O) groups excluding carboxylic acids is 2. The first-order chi connectivity index (χ1) is 5.65. The van der Waals surface area contributed by atoms with Gasteiger partial charge in [0.2, 0.25) is 0 Å². The van der Waals surface area contributed by atoms with Gasteiger partial charge < -0.3 is 0 Å². The molecule has 0 radical (unpaired) electrons. The Morgan fingerprint density at radius 1 is 1.50 bits per heavy atom. The second-order valence-corrected chi connectivity index (χ2v) is 2.99. The van der Waals surface area contributed by atoms with E-state index in [9.17, 15) is 9.59 Å². The van der Waals surface area contributed by atoms with Crippen LogP contribution in [0, 0.1) is 0 Å². The van der Waals surface area contributed by atoms with Gasteiger partial charge in [-0.25, -0.2) is 0 Å². The molecule has 1 N–H and O–H groups in total. The zero-order valence-electron chi connectivity index (χ0n) is 6.53. The molecule has 0 saturated carbocycles. The van der Waals surface area contributed by atoms with E-state index in [-0.39, 0.29) is 11.8 Å². The molecule has 64 valence electrons. The number of thioether (sulfide) groups is 1. The van der Waals surface area contributed by atoms with Gasteiger partial charge in [-0.3, -0.25) is 15.0 Å². The van der Waals surface area contributed by atoms with E-state index in [0.717, 1.165) is 5.01 Å². The zero-order valence-corrected chi connectivity index (χ0v) is 7.35. The van der Waals surface area contributed by atoms with Crippen molar-refractivity contribution < 1.29 is 9.59 Å². The summed E-state index contributed by atoms with van der Waals surface area (Å²) < 4.78 is 0. The Morgan fingerprint density at radius 3 is 2.42 bits per heavy atom. The Labute approximate surface area is 74.3 Å². The number of amides is 2. The summed E-state index contributed by atoms with van der Waals surface area (Å²) in [6.07, 6.45) is 4.22. The average Bonchev–Trinajstić information content (AvgIpc) is 2.35. The van der Waals surface area contributed by atoms with Crippen molar-refractivity contribution in [2.24, 2.45) is 0 Å². The van der Waals surface area contributed by atoms with Gasteiger partial charge in [-0.15, -0.1) is 11.8 Å². The second-order valence-electron chi connectivity index (χ2n) is 2.08. The first-order valence-corrected chi connectivity index (χ1v) is 4.43. The fraction of sp³-hybridized carbons (Fsp3) is 0.143. The number of nitrogens with one attached hydrogen (secondary N) is 1. The van der Waals surface area contributed by atoms with Crippen molar-refractivity contribution in [3.63, 3.8) is 0 Å². The van der Waals surface area contributed by atoms with Crippen LogP contribution in [0.3, 0.4) is 0 Å². The highest BCUT2D eigenvalue weighted by Crippen LogP contribution is 2.07. The minimum Gasteiger partial charge on any atom is -0.283 e. The quantitative estimate of drug-likeness (QED) is 0.639. The highest BCUT2D eigenvalue weighted by Gasteiger charge is 2.23. The SMILES string of the molecule is C=C(NN1C(=O)C=CC1=O)SC. The van der Waals surface area contributed by atoms with Gasteiger partial charge in [-0.05, 0) is 6.26 Å². The molecule has 0 aliphatic carbocycles. The lowest BCUT2D eigenvalue weighted by Gasteiger charge is -2.16. The summed E-state index contributed by atoms with van der Waals surface area (Å²) >= 11 is 1.34. The molecule has 0 atom stereocenters. The number of hydrogen-bond donors (Lipinski definition) is 1. The van der Waals surface area contributed by atoms with Gasteiger partial charge in [0.1, 0.15) is 0 Å². The maximum Gasteiger partial charge on any atom is 0.272 e. The van der Waals surface area contributed by atoms with Gasteiger partial charge in [0, 0.05) is 12.2 Å². The van der Waals surface area contributed by atoms with Crippen LogP contribution < -0.4 is 5.43 Å². The summed E-state index contributed by atoms with van der Waals surface area (Å²) in [4.78, 5) is 21.9. The third-order valence-corrected chi connectivity index (χ3v) is 1.88. The topological polar surface area (TPSA) is 49.4 Å². The average molecular weight is 184 g/mol. The van der Waals surface area contributed by atoms with Crippen LogP contribution in [0.2, 0.25) is 0 Å². The highest BCUT2D eigenvalue weighted by atomic mass is 32.2. The van der Waals surface area contributed by atoms with Crippen molar-refractivity contribution >= 4 is 23.6 Å². The minimum absolute atomic E-state index is 0.366. The lowest BCUT2D eigenvalue weighted by atomic mass is 10.6. The molecule has 1 aliphatic rings. The molecule has 2 amide bonds. The monoisotopic (exact) mass is 184 g/mol. The van der Waals surface area contributed by atoms with E-state index < -0.39 is 0 Å². The Bertz CT molecular complexity index is 255. The summed E-state index contributed by atoms with van der Waals surface area (Å²) in [7, 11) is 0. The molecule has 1 rings (SSSR count). The van der Waals surface area contributed by atoms with Crippen molar-refractivity contribution in [3.05, 3.63) is 23.8 Å². The van der Waals surface area contributed by atoms with E-state index in [4.69, 9.17) is 0 Å². The van der Waals surface area contributed by atoms with E-state index in [1.165, 1.54) is 23.9 Å². The largest absolute Gasteiger partial charge is 0.283 e. The lowest BCUT2D eigenvalue weighted by molar-refractivity contribution is -0.139. The molecule has 1 heterocycles. The van der Waals surface area contributed by atoms with Crippen molar-refractivity contribution in [1.82, 2.24) is 10.4 Å². The molecule has 4 nitrogen and oxygen atoms in total. The van der Waals surface area contributed by atoms with Crippen molar-refractivity contribution in [1.29, 1.82) is 0 Å². The van der Waals surface area contributed by atoms with Crippen LogP contribution >= 0.6 is 11.8 Å². The first kappa shape index (κ1) is 8.86. The predicted octanol–water partition coefficient (Wildman–Crippen LogP) is 0.250. The van der Waals surface area contributed by atoms with Gasteiger partial charge in [0.25, 0.3) is 11.8 Å². The Balaban J connectivity index is 2.59. The molecule has 0 aromatic rings. The predicted molar refractivity (Wildman–Crippen MR) is 46.8 cm³/mol. The third-order valence-electron chi connectivity index (χ3n) is 1.29. The molecule has 5 heteroatoms. The Morgan fingerprint density at radius 2 is 2.00 bits per heavy atom. The second kappa shape index (κ2) is 3.44. The minimum atomic E-state index is -0.366. The molecular formula is C7H8N2O2S. The fourth-order valence-corrected chi connectivity index (χ4v) is 0.863. The van der Waals surface area contributed by atoms with E-state index >= 15 is 0 Å². The number of carbonyl (C=O) groups is 2. The lowest BCUT2D eigenvalue weighted by Crippen LogP contribution is -2.41. The van der Waals surface area contributed by atoms with E-state index in [1.807, 2.05) is 0 Å². The summed E-state index contributed by atoms with van der Waals surface area (Å²) in [6, 6.07) is 0. The normalized spacial score (nSPS) is 15.6. The van der Waals surface area contributed by atoms with Gasteiger partial charge >= 0.3 is 0 Å². The van der Waals surface area contributed by atoms with Crippen molar-refractivity contribution in [3.8, 4) is 0 Å². The summed E-state index contributed by atoms with van der Waals surface area (Å²) in [6.45, 7) is 3.58. The fourth-order valence-electron chi connectivity index (χ4n) is 0.681. The Hall–Kier alpha value is -1.23. The van der Waals surface area contributed by atoms with E-state index in [0.29, 0.717) is 5.03 Å². The molecule has 0 aromatic heterocycles. The van der Waals surface area contributed by atoms with Crippen LogP contribution in [-0.2, 0) is 9.59 Å². The molecule has 0 fully saturated rings. The van der Waals surface area contributed by atoms with Crippen LogP contribution in [-0.4, -0.2) is 23.1 Å². The number of imide groups is 1. The van der Waals surface area contributed by atoms with Crippen LogP contribution in [0.25, 0.3) is 0 Å². The standard InChI is InChI=1S/C7H8N2O2S/c1-5(12-2)8-9-6(10)3-4-7(9)11/h3-4,8H,1H2,2H3. The maximum atomic E-state index is 10.9. The number of rotatable bonds is 3. The number of hydrogen-bond acceptors (Lipinski definition) is 4. The molecule has 1 aliphatic heterocycles. The van der Waals surface area contributed by atoms with Crippen molar-refractivity contribution in [2.75, 3.05) is 6.26 Å². The molecule has 0 saturated heterocycles. The van der Waals surface area contributed by atoms with Gasteiger partial charge in [0.15, 0.2) is 0 Å². The molecule has 0 unspecified atom stereocenters. The van der Waals surface area contributed by atoms with Crippen molar-refractivity contribution in [2.45, 2.75) is 0 Å². The highest BCUT2D eigenvalue weighted by molar-refractivity contribution is 8.02. The number of nitrogens with zero attached hydrogens (tertiary/aromatic N) is 1. The van der Waals surface area contributed by atoms with E-state index in [2.05, 4.69) is 12.0 Å². The summed E-state index contributed by atoms with van der Waals surface area (Å²) in [5.74, 6) is -0.731. The molecule has 0 bridgehead atoms. The summed E-state index contributed by atoms with van der Waals surface area (Å²) in [5, 5.41) is 1.47. The molecule has 0 spiro atoms. The zero-order chi connectivity index (χ0) is 9.14. The van der Waals surface area contributed by atoms with Crippen LogP contribution in [0.4, 0.5) is 0 Å². The van der Waals surface area contributed by atoms with Crippen LogP contribution in [0.5, 0.6) is 0 Å². The van der Waals surface area contributed by atoms with Crippen LogP contribution in [0.15, 0.2) is 23.8 Å². The van der Waals surface area contributed by atoms with Gasteiger partial charge in [-0.1, -0.05) is 6.58 Å². The summed E-state index contributed by atoms with van der Waals surface area (Å²) in [5.41, 5.74) is 2.57. The Kier molecular flexibility index (Phi) is 2.54. The molecular weight excluding hydrogens is 176 g/mol. The van der Waals surface area contributed by atoms with Gasteiger partial charge in [0.05, 0.1) is 5.03 Å². The maximum absolute atomic E-state index is 10.9.